The van der Waals surface area contributed by atoms with Crippen LogP contribution in [0.15, 0.2) is 48.5 Å². The predicted molar refractivity (Wildman–Crippen MR) is 82.2 cm³/mol. The summed E-state index contributed by atoms with van der Waals surface area (Å²) in [4.78, 5) is 22.7. The lowest BCUT2D eigenvalue weighted by Crippen LogP contribution is -2.11. The van der Waals surface area contributed by atoms with Crippen molar-refractivity contribution in [2.75, 3.05) is 6.61 Å². The molecule has 0 saturated carbocycles. The van der Waals surface area contributed by atoms with Crippen molar-refractivity contribution < 1.29 is 14.3 Å². The molecular formula is C18H18O3. The molecule has 0 amide bonds. The van der Waals surface area contributed by atoms with Crippen LogP contribution in [-0.2, 0) is 0 Å². The third-order valence-electron chi connectivity index (χ3n) is 3.26. The molecule has 2 aromatic carbocycles. The number of carbonyl (C=O) groups is 2. The number of ether oxygens (including phenoxy) is 1. The second-order valence-electron chi connectivity index (χ2n) is 5.18. The first-order valence-electron chi connectivity index (χ1n) is 6.91. The van der Waals surface area contributed by atoms with E-state index in [0.29, 0.717) is 22.8 Å². The van der Waals surface area contributed by atoms with E-state index in [-0.39, 0.29) is 12.4 Å². The molecule has 0 fully saturated rings. The van der Waals surface area contributed by atoms with Crippen molar-refractivity contribution in [1.29, 1.82) is 0 Å². The van der Waals surface area contributed by atoms with Crippen LogP contribution in [0.3, 0.4) is 0 Å². The summed E-state index contributed by atoms with van der Waals surface area (Å²) < 4.78 is 5.43. The maximum Gasteiger partial charge on any atom is 0.200 e. The Morgan fingerprint density at radius 1 is 1.14 bits per heavy atom. The van der Waals surface area contributed by atoms with Gasteiger partial charge in [0.1, 0.15) is 12.0 Å². The predicted octanol–water partition coefficient (Wildman–Crippen LogP) is 3.88. The summed E-state index contributed by atoms with van der Waals surface area (Å²) in [5.74, 6) is 0.880. The fourth-order valence-electron chi connectivity index (χ4n) is 1.96. The van der Waals surface area contributed by atoms with E-state index in [9.17, 15) is 9.59 Å². The summed E-state index contributed by atoms with van der Waals surface area (Å²) in [7, 11) is 0. The summed E-state index contributed by atoms with van der Waals surface area (Å²) in [5.41, 5.74) is 2.36. The third-order valence-corrected chi connectivity index (χ3v) is 3.26. The number of ketones is 1. The van der Waals surface area contributed by atoms with Gasteiger partial charge in [-0.25, -0.2) is 0 Å². The molecule has 3 nitrogen and oxygen atoms in total. The zero-order valence-corrected chi connectivity index (χ0v) is 12.2. The maximum absolute atomic E-state index is 12.1. The van der Waals surface area contributed by atoms with Crippen LogP contribution < -0.4 is 4.74 Å². The molecule has 2 aromatic rings. The highest BCUT2D eigenvalue weighted by molar-refractivity contribution is 5.97. The highest BCUT2D eigenvalue weighted by Crippen LogP contribution is 2.16. The smallest absolute Gasteiger partial charge is 0.200 e. The number of aldehydes is 1. The van der Waals surface area contributed by atoms with E-state index < -0.39 is 0 Å². The number of carbonyl (C=O) groups excluding carboxylic acids is 2. The molecule has 0 bridgehead atoms. The van der Waals surface area contributed by atoms with E-state index in [1.807, 2.05) is 24.3 Å². The Morgan fingerprint density at radius 2 is 1.86 bits per heavy atom. The largest absolute Gasteiger partial charge is 0.485 e. The second kappa shape index (κ2) is 6.84. The first kappa shape index (κ1) is 15.0. The van der Waals surface area contributed by atoms with Crippen LogP contribution in [0, 0.1) is 0 Å². The van der Waals surface area contributed by atoms with Gasteiger partial charge in [0, 0.05) is 11.1 Å². The van der Waals surface area contributed by atoms with Crippen molar-refractivity contribution in [2.45, 2.75) is 19.8 Å². The van der Waals surface area contributed by atoms with Gasteiger partial charge in [0.15, 0.2) is 12.4 Å². The zero-order chi connectivity index (χ0) is 15.2. The van der Waals surface area contributed by atoms with E-state index in [1.165, 1.54) is 5.56 Å². The van der Waals surface area contributed by atoms with Crippen LogP contribution in [0.25, 0.3) is 0 Å². The first-order valence-corrected chi connectivity index (χ1v) is 6.91. The van der Waals surface area contributed by atoms with Crippen molar-refractivity contribution in [2.24, 2.45) is 0 Å². The monoisotopic (exact) mass is 282 g/mol. The minimum Gasteiger partial charge on any atom is -0.485 e. The van der Waals surface area contributed by atoms with Crippen LogP contribution in [0.1, 0.15) is 46.0 Å². The Labute approximate surface area is 124 Å². The van der Waals surface area contributed by atoms with E-state index in [0.717, 1.165) is 6.29 Å². The van der Waals surface area contributed by atoms with Gasteiger partial charge in [-0.2, -0.15) is 0 Å². The highest BCUT2D eigenvalue weighted by Gasteiger charge is 2.08. The van der Waals surface area contributed by atoms with Gasteiger partial charge in [0.2, 0.25) is 0 Å². The van der Waals surface area contributed by atoms with E-state index in [2.05, 4.69) is 13.8 Å². The molecule has 3 heteroatoms. The summed E-state index contributed by atoms with van der Waals surface area (Å²) in [6.07, 6.45) is 0.749. The Bertz CT molecular complexity index is 627. The number of hydrogen-bond donors (Lipinski definition) is 0. The fraction of sp³-hybridized carbons (Fsp3) is 0.222. The molecule has 0 N–H and O–H groups in total. The normalized spacial score (nSPS) is 10.4. The fourth-order valence-corrected chi connectivity index (χ4v) is 1.96. The Morgan fingerprint density at radius 3 is 2.48 bits per heavy atom. The summed E-state index contributed by atoms with van der Waals surface area (Å²) >= 11 is 0. The van der Waals surface area contributed by atoms with Gasteiger partial charge in [-0.15, -0.1) is 0 Å². The Balaban J connectivity index is 1.99. The number of benzene rings is 2. The van der Waals surface area contributed by atoms with Crippen LogP contribution in [-0.4, -0.2) is 18.7 Å². The van der Waals surface area contributed by atoms with E-state index in [4.69, 9.17) is 4.74 Å². The number of hydrogen-bond acceptors (Lipinski definition) is 3. The molecule has 21 heavy (non-hydrogen) atoms. The summed E-state index contributed by atoms with van der Waals surface area (Å²) in [5, 5.41) is 0. The van der Waals surface area contributed by atoms with E-state index in [1.54, 1.807) is 24.3 Å². The lowest BCUT2D eigenvalue weighted by atomic mass is 10.0. The number of Topliss-reactive ketones (excluding diaryl/α,β-unsaturated/α-hetero) is 1. The molecule has 0 radical (unpaired) electrons. The second-order valence-corrected chi connectivity index (χ2v) is 5.18. The SMILES string of the molecule is CC(C)c1ccc(C(=O)COc2cccc(C=O)c2)cc1. The van der Waals surface area contributed by atoms with Crippen molar-refractivity contribution in [3.8, 4) is 5.75 Å². The van der Waals surface area contributed by atoms with E-state index >= 15 is 0 Å². The topological polar surface area (TPSA) is 43.4 Å². The van der Waals surface area contributed by atoms with Crippen LogP contribution in [0.2, 0.25) is 0 Å². The molecule has 0 aliphatic rings. The van der Waals surface area contributed by atoms with Crippen LogP contribution in [0.5, 0.6) is 5.75 Å². The van der Waals surface area contributed by atoms with Gasteiger partial charge < -0.3 is 4.74 Å². The number of rotatable bonds is 6. The lowest BCUT2D eigenvalue weighted by molar-refractivity contribution is 0.0921. The third kappa shape index (κ3) is 4.02. The van der Waals surface area contributed by atoms with Gasteiger partial charge >= 0.3 is 0 Å². The van der Waals surface area contributed by atoms with Crippen LogP contribution >= 0.6 is 0 Å². The molecule has 0 aromatic heterocycles. The van der Waals surface area contributed by atoms with Crippen molar-refractivity contribution in [1.82, 2.24) is 0 Å². The minimum absolute atomic E-state index is 0.0384. The molecule has 0 spiro atoms. The molecule has 0 unspecified atom stereocenters. The minimum atomic E-state index is -0.0817. The van der Waals surface area contributed by atoms with Crippen molar-refractivity contribution in [3.63, 3.8) is 0 Å². The average molecular weight is 282 g/mol. The van der Waals surface area contributed by atoms with Crippen LogP contribution in [0.4, 0.5) is 0 Å². The summed E-state index contributed by atoms with van der Waals surface area (Å²) in [6, 6.07) is 14.3. The zero-order valence-electron chi connectivity index (χ0n) is 12.2. The molecule has 0 heterocycles. The first-order chi connectivity index (χ1) is 10.1. The highest BCUT2D eigenvalue weighted by atomic mass is 16.5. The standard InChI is InChI=1S/C18H18O3/c1-13(2)15-6-8-16(9-7-15)18(20)12-21-17-5-3-4-14(10-17)11-19/h3-11,13H,12H2,1-2H3. The Hall–Kier alpha value is -2.42. The average Bonchev–Trinajstić information content (AvgIpc) is 2.53. The molecule has 2 rings (SSSR count). The molecule has 0 aliphatic heterocycles. The van der Waals surface area contributed by atoms with Gasteiger partial charge in [0.05, 0.1) is 0 Å². The van der Waals surface area contributed by atoms with Gasteiger partial charge in [-0.1, -0.05) is 50.2 Å². The quantitative estimate of drug-likeness (QED) is 0.596. The molecule has 108 valence electrons. The molecule has 0 atom stereocenters. The molecule has 0 aliphatic carbocycles. The van der Waals surface area contributed by atoms with Gasteiger partial charge in [-0.05, 0) is 23.6 Å². The summed E-state index contributed by atoms with van der Waals surface area (Å²) in [6.45, 7) is 4.18. The van der Waals surface area contributed by atoms with Crippen molar-refractivity contribution >= 4 is 12.1 Å². The molecule has 0 saturated heterocycles. The van der Waals surface area contributed by atoms with Crippen molar-refractivity contribution in [3.05, 3.63) is 65.2 Å². The van der Waals surface area contributed by atoms with Gasteiger partial charge in [-0.3, -0.25) is 9.59 Å². The maximum atomic E-state index is 12.1. The lowest BCUT2D eigenvalue weighted by Gasteiger charge is -2.08. The Kier molecular flexibility index (Phi) is 4.88. The molecular weight excluding hydrogens is 264 g/mol. The van der Waals surface area contributed by atoms with Gasteiger partial charge in [0.25, 0.3) is 0 Å².